The molecule has 1 aromatic carbocycles. The van der Waals surface area contributed by atoms with E-state index in [1.165, 1.54) is 6.07 Å². The molecule has 90 valence electrons. The van der Waals surface area contributed by atoms with Crippen LogP contribution in [-0.4, -0.2) is 5.88 Å². The predicted octanol–water partition coefficient (Wildman–Crippen LogP) is 4.06. The third kappa shape index (κ3) is 3.60. The van der Waals surface area contributed by atoms with E-state index in [1.807, 2.05) is 12.1 Å². The first-order valence-corrected chi connectivity index (χ1v) is 6.13. The Morgan fingerprint density at radius 2 is 2.00 bits per heavy atom. The fourth-order valence-electron chi connectivity index (χ4n) is 1.92. The second kappa shape index (κ2) is 5.87. The largest absolute Gasteiger partial charge is 0.472 e. The summed E-state index contributed by atoms with van der Waals surface area (Å²) in [6, 6.07) is 8.61. The van der Waals surface area contributed by atoms with E-state index in [0.717, 1.165) is 24.0 Å². The van der Waals surface area contributed by atoms with Crippen LogP contribution in [0.15, 0.2) is 47.3 Å². The molecule has 0 bridgehead atoms. The van der Waals surface area contributed by atoms with Gasteiger partial charge in [0.1, 0.15) is 5.82 Å². The molecule has 17 heavy (non-hydrogen) atoms. The van der Waals surface area contributed by atoms with Gasteiger partial charge in [-0.05, 0) is 48.1 Å². The summed E-state index contributed by atoms with van der Waals surface area (Å²) < 4.78 is 18.1. The minimum absolute atomic E-state index is 0.195. The van der Waals surface area contributed by atoms with Crippen LogP contribution in [0.25, 0.3) is 0 Å². The van der Waals surface area contributed by atoms with Crippen molar-refractivity contribution in [3.05, 3.63) is 59.8 Å². The van der Waals surface area contributed by atoms with Crippen LogP contribution in [-0.2, 0) is 12.8 Å². The number of hydrogen-bond donors (Lipinski definition) is 0. The lowest BCUT2D eigenvalue weighted by Crippen LogP contribution is -2.09. The van der Waals surface area contributed by atoms with Crippen LogP contribution in [0.1, 0.15) is 11.1 Å². The number of halogens is 2. The van der Waals surface area contributed by atoms with Crippen LogP contribution < -0.4 is 0 Å². The summed E-state index contributed by atoms with van der Waals surface area (Å²) in [4.78, 5) is 0. The topological polar surface area (TPSA) is 13.1 Å². The molecule has 1 aromatic heterocycles. The molecule has 1 atom stereocenters. The standard InChI is InChI=1S/C14H14ClFO/c15-9-13(7-12-4-5-17-10-12)6-11-2-1-3-14(16)8-11/h1-5,8,10,13H,6-7,9H2. The normalized spacial score (nSPS) is 12.6. The zero-order chi connectivity index (χ0) is 12.1. The molecule has 0 aliphatic carbocycles. The van der Waals surface area contributed by atoms with Gasteiger partial charge in [-0.15, -0.1) is 11.6 Å². The van der Waals surface area contributed by atoms with Gasteiger partial charge in [0.15, 0.2) is 0 Å². The average molecular weight is 253 g/mol. The molecule has 0 saturated carbocycles. The maximum atomic E-state index is 13.1. The Labute approximate surface area is 105 Å². The molecule has 0 aliphatic rings. The molecule has 2 aromatic rings. The summed E-state index contributed by atoms with van der Waals surface area (Å²) in [5, 5.41) is 0. The van der Waals surface area contributed by atoms with E-state index in [2.05, 4.69) is 0 Å². The number of furan rings is 1. The molecule has 0 fully saturated rings. The highest BCUT2D eigenvalue weighted by Crippen LogP contribution is 2.17. The highest BCUT2D eigenvalue weighted by molar-refractivity contribution is 6.18. The molecule has 1 heterocycles. The van der Waals surface area contributed by atoms with Crippen LogP contribution in [0.2, 0.25) is 0 Å². The fourth-order valence-corrected chi connectivity index (χ4v) is 2.14. The highest BCUT2D eigenvalue weighted by Gasteiger charge is 2.10. The number of alkyl halides is 1. The van der Waals surface area contributed by atoms with Crippen LogP contribution in [0.5, 0.6) is 0 Å². The number of hydrogen-bond acceptors (Lipinski definition) is 1. The first kappa shape index (κ1) is 12.2. The molecule has 2 rings (SSSR count). The molecule has 0 aliphatic heterocycles. The van der Waals surface area contributed by atoms with Crippen molar-refractivity contribution in [3.63, 3.8) is 0 Å². The van der Waals surface area contributed by atoms with Crippen molar-refractivity contribution in [2.24, 2.45) is 5.92 Å². The minimum atomic E-state index is -0.195. The van der Waals surface area contributed by atoms with Crippen LogP contribution >= 0.6 is 11.6 Å². The molecule has 1 unspecified atom stereocenters. The molecule has 0 amide bonds. The van der Waals surface area contributed by atoms with Gasteiger partial charge >= 0.3 is 0 Å². The summed E-state index contributed by atoms with van der Waals surface area (Å²) in [5.74, 6) is 0.664. The van der Waals surface area contributed by atoms with Gasteiger partial charge in [-0.2, -0.15) is 0 Å². The Morgan fingerprint density at radius 3 is 2.65 bits per heavy atom. The number of benzene rings is 1. The molecule has 0 N–H and O–H groups in total. The van der Waals surface area contributed by atoms with Crippen LogP contribution in [0, 0.1) is 11.7 Å². The van der Waals surface area contributed by atoms with Gasteiger partial charge in [0.25, 0.3) is 0 Å². The first-order valence-electron chi connectivity index (χ1n) is 5.59. The van der Waals surface area contributed by atoms with Crippen molar-refractivity contribution < 1.29 is 8.81 Å². The number of rotatable bonds is 5. The summed E-state index contributed by atoms with van der Waals surface area (Å²) in [5.41, 5.74) is 2.12. The third-order valence-electron chi connectivity index (χ3n) is 2.74. The van der Waals surface area contributed by atoms with Crippen molar-refractivity contribution in [1.82, 2.24) is 0 Å². The summed E-state index contributed by atoms with van der Waals surface area (Å²) in [6.45, 7) is 0. The Bertz CT molecular complexity index is 453. The van der Waals surface area contributed by atoms with Crippen molar-refractivity contribution in [2.45, 2.75) is 12.8 Å². The second-order valence-electron chi connectivity index (χ2n) is 4.19. The summed E-state index contributed by atoms with van der Waals surface area (Å²) in [6.07, 6.45) is 5.02. The smallest absolute Gasteiger partial charge is 0.123 e. The van der Waals surface area contributed by atoms with E-state index >= 15 is 0 Å². The summed E-state index contributed by atoms with van der Waals surface area (Å²) >= 11 is 5.95. The van der Waals surface area contributed by atoms with Gasteiger partial charge in [0.2, 0.25) is 0 Å². The van der Waals surface area contributed by atoms with E-state index in [0.29, 0.717) is 11.8 Å². The molecule has 0 spiro atoms. The monoisotopic (exact) mass is 252 g/mol. The SMILES string of the molecule is Fc1cccc(CC(CCl)Cc2ccoc2)c1. The lowest BCUT2D eigenvalue weighted by Gasteiger charge is -2.12. The molecule has 0 radical (unpaired) electrons. The van der Waals surface area contributed by atoms with E-state index in [1.54, 1.807) is 24.7 Å². The van der Waals surface area contributed by atoms with Gasteiger partial charge in [0.05, 0.1) is 12.5 Å². The Hall–Kier alpha value is -1.28. The maximum Gasteiger partial charge on any atom is 0.123 e. The van der Waals surface area contributed by atoms with Gasteiger partial charge in [0, 0.05) is 5.88 Å². The van der Waals surface area contributed by atoms with Gasteiger partial charge in [-0.1, -0.05) is 12.1 Å². The zero-order valence-corrected chi connectivity index (χ0v) is 10.2. The van der Waals surface area contributed by atoms with E-state index < -0.39 is 0 Å². The Morgan fingerprint density at radius 1 is 1.18 bits per heavy atom. The molecule has 0 saturated heterocycles. The fraction of sp³-hybridized carbons (Fsp3) is 0.286. The van der Waals surface area contributed by atoms with E-state index in [9.17, 15) is 4.39 Å². The van der Waals surface area contributed by atoms with Crippen LogP contribution in [0.3, 0.4) is 0 Å². The van der Waals surface area contributed by atoms with Crippen molar-refractivity contribution in [1.29, 1.82) is 0 Å². The first-order chi connectivity index (χ1) is 8.28. The zero-order valence-electron chi connectivity index (χ0n) is 9.40. The quantitative estimate of drug-likeness (QED) is 0.732. The second-order valence-corrected chi connectivity index (χ2v) is 4.50. The van der Waals surface area contributed by atoms with E-state index in [-0.39, 0.29) is 5.82 Å². The van der Waals surface area contributed by atoms with Crippen LogP contribution in [0.4, 0.5) is 4.39 Å². The average Bonchev–Trinajstić information content (AvgIpc) is 2.81. The van der Waals surface area contributed by atoms with Crippen molar-refractivity contribution >= 4 is 11.6 Å². The highest BCUT2D eigenvalue weighted by atomic mass is 35.5. The Balaban J connectivity index is 2.00. The van der Waals surface area contributed by atoms with E-state index in [4.69, 9.17) is 16.0 Å². The third-order valence-corrected chi connectivity index (χ3v) is 3.17. The van der Waals surface area contributed by atoms with Gasteiger partial charge in [-0.25, -0.2) is 4.39 Å². The molecule has 1 nitrogen and oxygen atoms in total. The van der Waals surface area contributed by atoms with Gasteiger partial charge < -0.3 is 4.42 Å². The van der Waals surface area contributed by atoms with Crippen molar-refractivity contribution in [2.75, 3.05) is 5.88 Å². The lowest BCUT2D eigenvalue weighted by atomic mass is 9.95. The molecular formula is C14H14ClFO. The maximum absolute atomic E-state index is 13.1. The lowest BCUT2D eigenvalue weighted by molar-refractivity contribution is 0.546. The van der Waals surface area contributed by atoms with Crippen molar-refractivity contribution in [3.8, 4) is 0 Å². The summed E-state index contributed by atoms with van der Waals surface area (Å²) in [7, 11) is 0. The minimum Gasteiger partial charge on any atom is -0.472 e. The molecule has 3 heteroatoms. The van der Waals surface area contributed by atoms with Gasteiger partial charge in [-0.3, -0.25) is 0 Å². The molecular weight excluding hydrogens is 239 g/mol. The predicted molar refractivity (Wildman–Crippen MR) is 66.7 cm³/mol. The Kier molecular flexibility index (Phi) is 4.21.